The van der Waals surface area contributed by atoms with Gasteiger partial charge in [0, 0.05) is 23.6 Å². The molecule has 0 radical (unpaired) electrons. The van der Waals surface area contributed by atoms with Crippen LogP contribution in [-0.2, 0) is 13.0 Å². The number of nitrogens with one attached hydrogen (secondary N) is 2. The molecule has 3 heteroatoms. The van der Waals surface area contributed by atoms with Crippen molar-refractivity contribution in [2.45, 2.75) is 13.0 Å². The molecule has 0 bridgehead atoms. The van der Waals surface area contributed by atoms with Gasteiger partial charge in [0.15, 0.2) is 0 Å². The second kappa shape index (κ2) is 6.99. The number of fused-ring (bicyclic) bond motifs is 2. The number of aromatic amines is 1. The third-order valence-corrected chi connectivity index (χ3v) is 4.74. The quantitative estimate of drug-likeness (QED) is 0.504. The number of rotatable bonds is 6. The van der Waals surface area contributed by atoms with Crippen LogP contribution in [0, 0.1) is 0 Å². The molecule has 0 saturated carbocycles. The maximum absolute atomic E-state index is 5.34. The fraction of sp³-hybridized carbons (Fsp3) is 0.182. The van der Waals surface area contributed by atoms with Crippen molar-refractivity contribution in [2.24, 2.45) is 0 Å². The highest BCUT2D eigenvalue weighted by atomic mass is 16.5. The highest BCUT2D eigenvalue weighted by molar-refractivity contribution is 5.86. The lowest BCUT2D eigenvalue weighted by atomic mass is 10.0. The third-order valence-electron chi connectivity index (χ3n) is 4.74. The third kappa shape index (κ3) is 3.24. The van der Waals surface area contributed by atoms with Gasteiger partial charge < -0.3 is 15.0 Å². The molecule has 0 fully saturated rings. The van der Waals surface area contributed by atoms with Crippen LogP contribution < -0.4 is 10.1 Å². The standard InChI is InChI=1S/C22H22N2O/c1-25-19-9-10-22-21(13-19)18(15-24-22)11-12-23-14-17-7-4-6-16-5-2-3-8-20(16)17/h2-10,13,15,23-24H,11-12,14H2,1H3. The predicted molar refractivity (Wildman–Crippen MR) is 104 cm³/mol. The second-order valence-electron chi connectivity index (χ2n) is 6.29. The molecule has 3 nitrogen and oxygen atoms in total. The van der Waals surface area contributed by atoms with E-state index in [2.05, 4.69) is 71.1 Å². The van der Waals surface area contributed by atoms with E-state index in [4.69, 9.17) is 4.74 Å². The second-order valence-corrected chi connectivity index (χ2v) is 6.29. The van der Waals surface area contributed by atoms with Gasteiger partial charge in [-0.25, -0.2) is 0 Å². The monoisotopic (exact) mass is 330 g/mol. The van der Waals surface area contributed by atoms with Gasteiger partial charge in [0.05, 0.1) is 7.11 Å². The van der Waals surface area contributed by atoms with Gasteiger partial charge in [0.1, 0.15) is 5.75 Å². The van der Waals surface area contributed by atoms with E-state index in [-0.39, 0.29) is 0 Å². The Morgan fingerprint density at radius 3 is 2.72 bits per heavy atom. The van der Waals surface area contributed by atoms with Crippen LogP contribution in [0.1, 0.15) is 11.1 Å². The van der Waals surface area contributed by atoms with Crippen molar-refractivity contribution >= 4 is 21.7 Å². The molecule has 0 aliphatic heterocycles. The Morgan fingerprint density at radius 1 is 0.920 bits per heavy atom. The lowest BCUT2D eigenvalue weighted by molar-refractivity contribution is 0.415. The number of ether oxygens (including phenoxy) is 1. The maximum Gasteiger partial charge on any atom is 0.119 e. The molecule has 0 saturated heterocycles. The summed E-state index contributed by atoms with van der Waals surface area (Å²) in [4.78, 5) is 3.34. The van der Waals surface area contributed by atoms with Gasteiger partial charge in [-0.05, 0) is 53.1 Å². The largest absolute Gasteiger partial charge is 0.497 e. The van der Waals surface area contributed by atoms with Crippen LogP contribution >= 0.6 is 0 Å². The first-order chi connectivity index (χ1) is 12.3. The molecule has 3 aromatic carbocycles. The first-order valence-corrected chi connectivity index (χ1v) is 8.66. The Balaban J connectivity index is 1.43. The van der Waals surface area contributed by atoms with E-state index in [0.717, 1.165) is 30.8 Å². The fourth-order valence-electron chi connectivity index (χ4n) is 3.38. The molecule has 126 valence electrons. The van der Waals surface area contributed by atoms with Crippen LogP contribution in [-0.4, -0.2) is 18.6 Å². The Bertz CT molecular complexity index is 998. The number of hydrogen-bond acceptors (Lipinski definition) is 2. The summed E-state index contributed by atoms with van der Waals surface area (Å²) in [6, 6.07) is 21.2. The van der Waals surface area contributed by atoms with Crippen LogP contribution in [0.4, 0.5) is 0 Å². The summed E-state index contributed by atoms with van der Waals surface area (Å²) in [6.07, 6.45) is 3.08. The molecule has 0 amide bonds. The summed E-state index contributed by atoms with van der Waals surface area (Å²) in [7, 11) is 1.71. The van der Waals surface area contributed by atoms with E-state index in [1.54, 1.807) is 7.11 Å². The number of hydrogen-bond donors (Lipinski definition) is 2. The van der Waals surface area contributed by atoms with Gasteiger partial charge in [-0.2, -0.15) is 0 Å². The van der Waals surface area contributed by atoms with Crippen LogP contribution in [0.3, 0.4) is 0 Å². The molecule has 0 aliphatic rings. The SMILES string of the molecule is COc1ccc2[nH]cc(CCNCc3cccc4ccccc34)c2c1. The minimum Gasteiger partial charge on any atom is -0.497 e. The number of benzene rings is 3. The van der Waals surface area contributed by atoms with Crippen LogP contribution in [0.15, 0.2) is 66.9 Å². The number of aromatic nitrogens is 1. The van der Waals surface area contributed by atoms with Gasteiger partial charge >= 0.3 is 0 Å². The van der Waals surface area contributed by atoms with E-state index in [0.29, 0.717) is 0 Å². The van der Waals surface area contributed by atoms with Crippen molar-refractivity contribution in [1.29, 1.82) is 0 Å². The minimum atomic E-state index is 0.882. The Hall–Kier alpha value is -2.78. The molecule has 2 N–H and O–H groups in total. The average molecular weight is 330 g/mol. The molecule has 0 unspecified atom stereocenters. The molecular weight excluding hydrogens is 308 g/mol. The molecule has 4 rings (SSSR count). The lowest BCUT2D eigenvalue weighted by Crippen LogP contribution is -2.16. The molecule has 25 heavy (non-hydrogen) atoms. The molecule has 1 aromatic heterocycles. The van der Waals surface area contributed by atoms with Crippen LogP contribution in [0.5, 0.6) is 5.75 Å². The highest BCUT2D eigenvalue weighted by Crippen LogP contribution is 2.24. The van der Waals surface area contributed by atoms with Gasteiger partial charge in [-0.15, -0.1) is 0 Å². The summed E-state index contributed by atoms with van der Waals surface area (Å²) in [5, 5.41) is 7.45. The minimum absolute atomic E-state index is 0.882. The predicted octanol–water partition coefficient (Wildman–Crippen LogP) is 4.66. The van der Waals surface area contributed by atoms with Crippen molar-refractivity contribution in [1.82, 2.24) is 10.3 Å². The Morgan fingerprint density at radius 2 is 1.80 bits per heavy atom. The summed E-state index contributed by atoms with van der Waals surface area (Å²) in [5.41, 5.74) is 3.82. The van der Waals surface area contributed by atoms with Crippen molar-refractivity contribution in [3.8, 4) is 5.75 Å². The topological polar surface area (TPSA) is 37.0 Å². The van der Waals surface area contributed by atoms with Crippen LogP contribution in [0.25, 0.3) is 21.7 Å². The van der Waals surface area contributed by atoms with Gasteiger partial charge in [0.2, 0.25) is 0 Å². The Kier molecular flexibility index (Phi) is 4.40. The van der Waals surface area contributed by atoms with Crippen molar-refractivity contribution in [2.75, 3.05) is 13.7 Å². The van der Waals surface area contributed by atoms with Gasteiger partial charge in [0.25, 0.3) is 0 Å². The summed E-state index contributed by atoms with van der Waals surface area (Å²) in [6.45, 7) is 1.82. The zero-order valence-electron chi connectivity index (χ0n) is 14.4. The normalized spacial score (nSPS) is 11.2. The van der Waals surface area contributed by atoms with Crippen molar-refractivity contribution in [3.05, 3.63) is 78.0 Å². The molecule has 1 heterocycles. The van der Waals surface area contributed by atoms with E-state index >= 15 is 0 Å². The first kappa shape index (κ1) is 15.7. The lowest BCUT2D eigenvalue weighted by Gasteiger charge is -2.08. The van der Waals surface area contributed by atoms with E-state index < -0.39 is 0 Å². The molecule has 4 aromatic rings. The first-order valence-electron chi connectivity index (χ1n) is 8.66. The number of H-pyrrole nitrogens is 1. The summed E-state index contributed by atoms with van der Waals surface area (Å²) < 4.78 is 5.34. The molecule has 0 aliphatic carbocycles. The molecular formula is C22H22N2O. The molecule has 0 atom stereocenters. The zero-order valence-corrected chi connectivity index (χ0v) is 14.4. The van der Waals surface area contributed by atoms with E-state index in [1.165, 1.54) is 27.3 Å². The summed E-state index contributed by atoms with van der Waals surface area (Å²) in [5.74, 6) is 0.900. The zero-order chi connectivity index (χ0) is 17.1. The Labute approximate surface area is 147 Å². The van der Waals surface area contributed by atoms with E-state index in [1.807, 2.05) is 6.07 Å². The maximum atomic E-state index is 5.34. The van der Waals surface area contributed by atoms with Crippen molar-refractivity contribution < 1.29 is 4.74 Å². The smallest absolute Gasteiger partial charge is 0.119 e. The van der Waals surface area contributed by atoms with Gasteiger partial charge in [-0.1, -0.05) is 42.5 Å². The highest BCUT2D eigenvalue weighted by Gasteiger charge is 2.05. The average Bonchev–Trinajstić information content (AvgIpc) is 3.07. The molecule has 0 spiro atoms. The summed E-state index contributed by atoms with van der Waals surface area (Å²) >= 11 is 0. The number of methoxy groups -OCH3 is 1. The fourth-order valence-corrected chi connectivity index (χ4v) is 3.38. The van der Waals surface area contributed by atoms with Crippen LogP contribution in [0.2, 0.25) is 0 Å². The van der Waals surface area contributed by atoms with E-state index in [9.17, 15) is 0 Å². The van der Waals surface area contributed by atoms with Crippen molar-refractivity contribution in [3.63, 3.8) is 0 Å². The van der Waals surface area contributed by atoms with Gasteiger partial charge in [-0.3, -0.25) is 0 Å².